The maximum Gasteiger partial charge on any atom is 0.0312 e. The van der Waals surface area contributed by atoms with Gasteiger partial charge in [-0.05, 0) is 48.9 Å². The molecular formula is C15H24N2. The quantitative estimate of drug-likeness (QED) is 0.777. The fourth-order valence-corrected chi connectivity index (χ4v) is 2.71. The zero-order valence-corrected chi connectivity index (χ0v) is 11.3. The Hall–Kier alpha value is -0.890. The number of piperidine rings is 1. The molecule has 2 nitrogen and oxygen atoms in total. The van der Waals surface area contributed by atoms with Crippen molar-refractivity contribution in [3.8, 4) is 0 Å². The van der Waals surface area contributed by atoms with Gasteiger partial charge in [0, 0.05) is 18.9 Å². The minimum absolute atomic E-state index is 0.473. The Morgan fingerprint density at radius 2 is 2.00 bits per heavy atom. The van der Waals surface area contributed by atoms with Crippen molar-refractivity contribution in [3.05, 3.63) is 30.1 Å². The highest BCUT2D eigenvalue weighted by Gasteiger charge is 2.28. The van der Waals surface area contributed by atoms with E-state index in [1.54, 1.807) is 0 Å². The van der Waals surface area contributed by atoms with Crippen molar-refractivity contribution < 1.29 is 0 Å². The van der Waals surface area contributed by atoms with Crippen molar-refractivity contribution in [2.24, 2.45) is 11.3 Å². The zero-order chi connectivity index (χ0) is 12.3. The van der Waals surface area contributed by atoms with Gasteiger partial charge in [-0.25, -0.2) is 0 Å². The van der Waals surface area contributed by atoms with Gasteiger partial charge in [-0.3, -0.25) is 9.88 Å². The van der Waals surface area contributed by atoms with Gasteiger partial charge < -0.3 is 0 Å². The van der Waals surface area contributed by atoms with Gasteiger partial charge in [0.05, 0.1) is 0 Å². The van der Waals surface area contributed by atoms with Gasteiger partial charge in [0.25, 0.3) is 0 Å². The van der Waals surface area contributed by atoms with Crippen LogP contribution in [0.15, 0.2) is 24.5 Å². The van der Waals surface area contributed by atoms with Gasteiger partial charge in [-0.15, -0.1) is 0 Å². The average molecular weight is 232 g/mol. The predicted molar refractivity (Wildman–Crippen MR) is 71.7 cm³/mol. The summed E-state index contributed by atoms with van der Waals surface area (Å²) in [6.07, 6.45) is 6.50. The summed E-state index contributed by atoms with van der Waals surface area (Å²) in [6, 6.07) is 4.19. The molecule has 2 heterocycles. The zero-order valence-electron chi connectivity index (χ0n) is 11.3. The van der Waals surface area contributed by atoms with Crippen LogP contribution < -0.4 is 0 Å². The van der Waals surface area contributed by atoms with E-state index in [1.807, 2.05) is 18.5 Å². The van der Waals surface area contributed by atoms with Crippen LogP contribution in [-0.2, 0) is 6.54 Å². The molecule has 0 aromatic carbocycles. The van der Waals surface area contributed by atoms with Crippen molar-refractivity contribution >= 4 is 0 Å². The van der Waals surface area contributed by atoms with Crippen LogP contribution in [0.25, 0.3) is 0 Å². The Kier molecular flexibility index (Phi) is 3.82. The lowest BCUT2D eigenvalue weighted by Gasteiger charge is -2.38. The van der Waals surface area contributed by atoms with Crippen LogP contribution in [0.1, 0.15) is 39.2 Å². The first kappa shape index (κ1) is 12.6. The molecule has 0 spiro atoms. The third-order valence-electron chi connectivity index (χ3n) is 3.94. The maximum absolute atomic E-state index is 4.18. The van der Waals surface area contributed by atoms with E-state index < -0.39 is 0 Å². The highest BCUT2D eigenvalue weighted by molar-refractivity contribution is 5.08. The first-order valence-corrected chi connectivity index (χ1v) is 6.67. The summed E-state index contributed by atoms with van der Waals surface area (Å²) < 4.78 is 0. The van der Waals surface area contributed by atoms with Crippen LogP contribution >= 0.6 is 0 Å². The normalized spacial score (nSPS) is 19.5. The summed E-state index contributed by atoms with van der Waals surface area (Å²) in [5, 5.41) is 0. The Balaban J connectivity index is 1.84. The number of likely N-dealkylation sites (tertiary alicyclic amines) is 1. The van der Waals surface area contributed by atoms with Gasteiger partial charge in [0.2, 0.25) is 0 Å². The fraction of sp³-hybridized carbons (Fsp3) is 0.667. The topological polar surface area (TPSA) is 16.1 Å². The number of hydrogen-bond donors (Lipinski definition) is 0. The molecule has 17 heavy (non-hydrogen) atoms. The van der Waals surface area contributed by atoms with E-state index in [-0.39, 0.29) is 0 Å². The molecule has 0 amide bonds. The predicted octanol–water partition coefficient (Wildman–Crippen LogP) is 3.34. The summed E-state index contributed by atoms with van der Waals surface area (Å²) >= 11 is 0. The summed E-state index contributed by atoms with van der Waals surface area (Å²) in [5.74, 6) is 0.882. The van der Waals surface area contributed by atoms with Gasteiger partial charge >= 0.3 is 0 Å². The van der Waals surface area contributed by atoms with Crippen molar-refractivity contribution in [2.45, 2.75) is 40.2 Å². The van der Waals surface area contributed by atoms with E-state index in [0.717, 1.165) is 12.5 Å². The lowest BCUT2D eigenvalue weighted by atomic mass is 9.75. The summed E-state index contributed by atoms with van der Waals surface area (Å²) in [4.78, 5) is 6.73. The van der Waals surface area contributed by atoms with Crippen molar-refractivity contribution in [2.75, 3.05) is 13.1 Å². The van der Waals surface area contributed by atoms with E-state index in [9.17, 15) is 0 Å². The second-order valence-electron chi connectivity index (χ2n) is 6.28. The largest absolute Gasteiger partial charge is 0.299 e. The molecule has 0 N–H and O–H groups in total. The Morgan fingerprint density at radius 1 is 1.29 bits per heavy atom. The van der Waals surface area contributed by atoms with Gasteiger partial charge in [0.15, 0.2) is 0 Å². The lowest BCUT2D eigenvalue weighted by Crippen LogP contribution is -2.37. The fourth-order valence-electron chi connectivity index (χ4n) is 2.71. The molecule has 0 unspecified atom stereocenters. The third-order valence-corrected chi connectivity index (χ3v) is 3.94. The van der Waals surface area contributed by atoms with E-state index in [4.69, 9.17) is 0 Å². The Labute approximate surface area is 105 Å². The smallest absolute Gasteiger partial charge is 0.0312 e. The Bertz CT molecular complexity index is 332. The van der Waals surface area contributed by atoms with Gasteiger partial charge in [-0.2, -0.15) is 0 Å². The number of pyridine rings is 1. The second-order valence-corrected chi connectivity index (χ2v) is 6.28. The highest BCUT2D eigenvalue weighted by atomic mass is 15.1. The van der Waals surface area contributed by atoms with Crippen LogP contribution in [0.2, 0.25) is 0 Å². The molecule has 0 aliphatic carbocycles. The van der Waals surface area contributed by atoms with Gasteiger partial charge in [-0.1, -0.05) is 26.8 Å². The molecule has 1 fully saturated rings. The molecule has 1 aliphatic rings. The van der Waals surface area contributed by atoms with Crippen LogP contribution in [0, 0.1) is 11.3 Å². The molecular weight excluding hydrogens is 208 g/mol. The molecule has 1 aromatic rings. The van der Waals surface area contributed by atoms with Crippen molar-refractivity contribution in [1.29, 1.82) is 0 Å². The maximum atomic E-state index is 4.18. The SMILES string of the molecule is CC(C)(C)C1CCN(Cc2cccnc2)CC1. The standard InChI is InChI=1S/C15H24N2/c1-15(2,3)14-6-9-17(10-7-14)12-13-5-4-8-16-11-13/h4-5,8,11,14H,6-7,9-10,12H2,1-3H3. The number of hydrogen-bond acceptors (Lipinski definition) is 2. The summed E-state index contributed by atoms with van der Waals surface area (Å²) in [5.41, 5.74) is 1.81. The number of aromatic nitrogens is 1. The van der Waals surface area contributed by atoms with E-state index in [2.05, 4.69) is 36.7 Å². The van der Waals surface area contributed by atoms with Crippen LogP contribution in [0.3, 0.4) is 0 Å². The molecule has 2 rings (SSSR count). The van der Waals surface area contributed by atoms with Crippen LogP contribution in [-0.4, -0.2) is 23.0 Å². The first-order chi connectivity index (χ1) is 8.05. The molecule has 1 aliphatic heterocycles. The van der Waals surface area contributed by atoms with Crippen molar-refractivity contribution in [3.63, 3.8) is 0 Å². The average Bonchev–Trinajstić information content (AvgIpc) is 2.30. The number of rotatable bonds is 2. The molecule has 94 valence electrons. The minimum Gasteiger partial charge on any atom is -0.299 e. The number of nitrogens with zero attached hydrogens (tertiary/aromatic N) is 2. The molecule has 0 bridgehead atoms. The minimum atomic E-state index is 0.473. The molecule has 1 aromatic heterocycles. The lowest BCUT2D eigenvalue weighted by molar-refractivity contribution is 0.108. The van der Waals surface area contributed by atoms with Crippen molar-refractivity contribution in [1.82, 2.24) is 9.88 Å². The second kappa shape index (κ2) is 5.18. The molecule has 0 radical (unpaired) electrons. The Morgan fingerprint density at radius 3 is 2.53 bits per heavy atom. The molecule has 0 atom stereocenters. The van der Waals surface area contributed by atoms with Crippen LogP contribution in [0.4, 0.5) is 0 Å². The molecule has 1 saturated heterocycles. The molecule has 2 heteroatoms. The third kappa shape index (κ3) is 3.53. The first-order valence-electron chi connectivity index (χ1n) is 6.67. The summed E-state index contributed by atoms with van der Waals surface area (Å²) in [7, 11) is 0. The van der Waals surface area contributed by atoms with E-state index in [0.29, 0.717) is 5.41 Å². The monoisotopic (exact) mass is 232 g/mol. The molecule has 0 saturated carbocycles. The summed E-state index contributed by atoms with van der Waals surface area (Å²) in [6.45, 7) is 10.6. The van der Waals surface area contributed by atoms with E-state index >= 15 is 0 Å². The van der Waals surface area contributed by atoms with E-state index in [1.165, 1.54) is 31.5 Å². The van der Waals surface area contributed by atoms with Crippen LogP contribution in [0.5, 0.6) is 0 Å². The highest BCUT2D eigenvalue weighted by Crippen LogP contribution is 2.34. The van der Waals surface area contributed by atoms with Gasteiger partial charge in [0.1, 0.15) is 0 Å².